The average molecular weight is 377 g/mol. The summed E-state index contributed by atoms with van der Waals surface area (Å²) in [6.07, 6.45) is 4.87. The predicted molar refractivity (Wildman–Crippen MR) is 100 cm³/mol. The van der Waals surface area contributed by atoms with Gasteiger partial charge in [0, 0.05) is 17.4 Å². The Morgan fingerprint density at radius 2 is 2.27 bits per heavy atom. The van der Waals surface area contributed by atoms with Crippen LogP contribution in [-0.4, -0.2) is 46.1 Å². The molecule has 2 fully saturated rings. The van der Waals surface area contributed by atoms with Crippen molar-refractivity contribution in [3.05, 3.63) is 35.6 Å². The van der Waals surface area contributed by atoms with E-state index in [1.807, 2.05) is 0 Å². The van der Waals surface area contributed by atoms with E-state index in [-0.39, 0.29) is 23.4 Å². The molecule has 7 heteroatoms. The SMILES string of the molecule is O=C(NC1CCCC2(CCNC2C2=NCCS2=O)C1)c1cccc(F)c1. The monoisotopic (exact) mass is 377 g/mol. The molecular formula is C19H24FN3O2S. The molecule has 0 bridgehead atoms. The van der Waals surface area contributed by atoms with E-state index in [2.05, 4.69) is 15.6 Å². The zero-order valence-electron chi connectivity index (χ0n) is 14.7. The highest BCUT2D eigenvalue weighted by Gasteiger charge is 2.49. The summed E-state index contributed by atoms with van der Waals surface area (Å²) in [6, 6.07) is 5.90. The third-order valence-corrected chi connectivity index (χ3v) is 7.30. The zero-order valence-corrected chi connectivity index (χ0v) is 15.5. The first-order valence-electron chi connectivity index (χ1n) is 9.30. The van der Waals surface area contributed by atoms with Crippen molar-refractivity contribution >= 4 is 21.8 Å². The van der Waals surface area contributed by atoms with E-state index in [0.29, 0.717) is 17.9 Å². The molecule has 3 aliphatic rings. The number of benzene rings is 1. The molecule has 1 amide bonds. The van der Waals surface area contributed by atoms with Crippen molar-refractivity contribution in [2.45, 2.75) is 44.2 Å². The Labute approximate surface area is 155 Å². The van der Waals surface area contributed by atoms with Gasteiger partial charge < -0.3 is 10.6 Å². The van der Waals surface area contributed by atoms with E-state index in [1.165, 1.54) is 12.1 Å². The second-order valence-corrected chi connectivity index (χ2v) is 9.06. The first-order chi connectivity index (χ1) is 12.6. The molecule has 1 aliphatic carbocycles. The number of rotatable bonds is 3. The molecule has 1 saturated heterocycles. The summed E-state index contributed by atoms with van der Waals surface area (Å²) in [5.41, 5.74) is 0.365. The highest BCUT2D eigenvalue weighted by Crippen LogP contribution is 2.46. The van der Waals surface area contributed by atoms with E-state index in [1.54, 1.807) is 12.1 Å². The largest absolute Gasteiger partial charge is 0.349 e. The van der Waals surface area contributed by atoms with Crippen molar-refractivity contribution in [3.8, 4) is 0 Å². The summed E-state index contributed by atoms with van der Waals surface area (Å²) in [7, 11) is -0.974. The van der Waals surface area contributed by atoms with E-state index in [0.717, 1.165) is 43.7 Å². The Bertz CT molecular complexity index is 769. The topological polar surface area (TPSA) is 70.6 Å². The van der Waals surface area contributed by atoms with Gasteiger partial charge in [0.05, 0.1) is 23.4 Å². The maximum atomic E-state index is 13.4. The van der Waals surface area contributed by atoms with Crippen molar-refractivity contribution in [1.29, 1.82) is 0 Å². The molecule has 4 unspecified atom stereocenters. The van der Waals surface area contributed by atoms with Gasteiger partial charge in [-0.15, -0.1) is 0 Å². The molecule has 2 aliphatic heterocycles. The van der Waals surface area contributed by atoms with Gasteiger partial charge in [-0.05, 0) is 55.8 Å². The van der Waals surface area contributed by atoms with E-state index < -0.39 is 16.6 Å². The molecule has 5 nitrogen and oxygen atoms in total. The van der Waals surface area contributed by atoms with E-state index >= 15 is 0 Å². The lowest BCUT2D eigenvalue weighted by Gasteiger charge is -2.42. The van der Waals surface area contributed by atoms with E-state index in [4.69, 9.17) is 0 Å². The van der Waals surface area contributed by atoms with Gasteiger partial charge in [-0.2, -0.15) is 0 Å². The average Bonchev–Trinajstić information content (AvgIpc) is 3.21. The minimum Gasteiger partial charge on any atom is -0.349 e. The number of hydrogen-bond donors (Lipinski definition) is 2. The summed E-state index contributed by atoms with van der Waals surface area (Å²) >= 11 is 0. The van der Waals surface area contributed by atoms with Gasteiger partial charge in [-0.3, -0.25) is 14.0 Å². The third-order valence-electron chi connectivity index (χ3n) is 5.91. The van der Waals surface area contributed by atoms with Crippen molar-refractivity contribution in [2.75, 3.05) is 18.8 Å². The molecule has 2 N–H and O–H groups in total. The number of aliphatic imine (C=N–C) groups is 1. The molecule has 1 aromatic carbocycles. The summed E-state index contributed by atoms with van der Waals surface area (Å²) in [4.78, 5) is 17.0. The van der Waals surface area contributed by atoms with Gasteiger partial charge in [-0.1, -0.05) is 12.5 Å². The van der Waals surface area contributed by atoms with Gasteiger partial charge in [0.2, 0.25) is 0 Å². The Hall–Kier alpha value is -1.60. The highest BCUT2D eigenvalue weighted by molar-refractivity contribution is 8.01. The second-order valence-electron chi connectivity index (χ2n) is 7.55. The summed E-state index contributed by atoms with van der Waals surface area (Å²) in [5.74, 6) is -0.000970. The van der Waals surface area contributed by atoms with Crippen LogP contribution in [0, 0.1) is 11.2 Å². The van der Waals surface area contributed by atoms with E-state index in [9.17, 15) is 13.4 Å². The van der Waals surface area contributed by atoms with Crippen LogP contribution in [0.2, 0.25) is 0 Å². The van der Waals surface area contributed by atoms with Gasteiger partial charge in [0.1, 0.15) is 10.9 Å². The predicted octanol–water partition coefficient (Wildman–Crippen LogP) is 2.01. The Morgan fingerprint density at radius 3 is 3.04 bits per heavy atom. The van der Waals surface area contributed by atoms with Crippen LogP contribution in [0.25, 0.3) is 0 Å². The number of amides is 1. The first-order valence-corrected chi connectivity index (χ1v) is 10.6. The molecule has 0 aromatic heterocycles. The maximum absolute atomic E-state index is 13.4. The minimum absolute atomic E-state index is 0.0109. The Morgan fingerprint density at radius 1 is 1.38 bits per heavy atom. The lowest BCUT2D eigenvalue weighted by molar-refractivity contribution is 0.0884. The molecule has 1 saturated carbocycles. The van der Waals surface area contributed by atoms with Gasteiger partial charge in [0.25, 0.3) is 5.91 Å². The van der Waals surface area contributed by atoms with Crippen LogP contribution in [0.15, 0.2) is 29.3 Å². The Balaban J connectivity index is 1.48. The summed E-state index contributed by atoms with van der Waals surface area (Å²) in [6.45, 7) is 1.54. The molecule has 140 valence electrons. The van der Waals surface area contributed by atoms with Crippen molar-refractivity contribution < 1.29 is 13.4 Å². The lowest BCUT2D eigenvalue weighted by atomic mass is 9.67. The molecule has 4 rings (SSSR count). The van der Waals surface area contributed by atoms with Crippen LogP contribution < -0.4 is 10.6 Å². The third kappa shape index (κ3) is 3.34. The second kappa shape index (κ2) is 7.19. The fraction of sp³-hybridized carbons (Fsp3) is 0.579. The van der Waals surface area contributed by atoms with Crippen LogP contribution >= 0.6 is 0 Å². The number of nitrogens with zero attached hydrogens (tertiary/aromatic N) is 1. The van der Waals surface area contributed by atoms with Crippen LogP contribution in [0.4, 0.5) is 4.39 Å². The first kappa shape index (κ1) is 17.8. The quantitative estimate of drug-likeness (QED) is 0.847. The maximum Gasteiger partial charge on any atom is 0.251 e. The molecule has 0 radical (unpaired) electrons. The van der Waals surface area contributed by atoms with Crippen LogP contribution in [0.3, 0.4) is 0 Å². The van der Waals surface area contributed by atoms with Gasteiger partial charge in [-0.25, -0.2) is 4.39 Å². The molecule has 2 heterocycles. The van der Waals surface area contributed by atoms with Crippen LogP contribution in [0.1, 0.15) is 42.5 Å². The normalized spacial score (nSPS) is 34.0. The smallest absolute Gasteiger partial charge is 0.251 e. The van der Waals surface area contributed by atoms with Crippen LogP contribution in [0.5, 0.6) is 0 Å². The minimum atomic E-state index is -0.974. The molecule has 26 heavy (non-hydrogen) atoms. The zero-order chi connectivity index (χ0) is 18.1. The molecular weight excluding hydrogens is 353 g/mol. The standard InChI is InChI=1S/C19H24FN3O2S/c20-14-4-1-3-13(11-14)17(24)23-15-5-2-6-19(12-15)7-8-21-16(19)18-22-9-10-26(18)25/h1,3-4,11,15-16,21H,2,5-10,12H2,(H,23,24). The van der Waals surface area contributed by atoms with Crippen molar-refractivity contribution in [2.24, 2.45) is 10.4 Å². The summed E-state index contributed by atoms with van der Waals surface area (Å²) in [5, 5.41) is 7.42. The van der Waals surface area contributed by atoms with Crippen LogP contribution in [-0.2, 0) is 10.8 Å². The fourth-order valence-corrected chi connectivity index (χ4v) is 6.02. The van der Waals surface area contributed by atoms with Crippen molar-refractivity contribution in [1.82, 2.24) is 10.6 Å². The fourth-order valence-electron chi connectivity index (χ4n) is 4.72. The molecule has 1 spiro atoms. The van der Waals surface area contributed by atoms with Gasteiger partial charge in [0.15, 0.2) is 0 Å². The van der Waals surface area contributed by atoms with Gasteiger partial charge >= 0.3 is 0 Å². The molecule has 1 aromatic rings. The number of carbonyl (C=O) groups is 1. The number of carbonyl (C=O) groups excluding carboxylic acids is 1. The Kier molecular flexibility index (Phi) is 4.92. The summed E-state index contributed by atoms with van der Waals surface area (Å²) < 4.78 is 25.7. The highest BCUT2D eigenvalue weighted by atomic mass is 32.2. The number of hydrogen-bond acceptors (Lipinski definition) is 4. The number of halogens is 1. The number of nitrogens with one attached hydrogen (secondary N) is 2. The van der Waals surface area contributed by atoms with Crippen molar-refractivity contribution in [3.63, 3.8) is 0 Å². The lowest BCUT2D eigenvalue weighted by Crippen LogP contribution is -2.50. The molecule has 4 atom stereocenters.